The lowest BCUT2D eigenvalue weighted by Crippen LogP contribution is -2.20. The molecular formula is C28H50O4. The second-order valence-corrected chi connectivity index (χ2v) is 10.3. The quantitative estimate of drug-likeness (QED) is 0.157. The SMILES string of the molecule is CC(C)CCCCCCCOC(=O)C1=C(C(=O)OCCCCCCCC(C)C)CCCC1. The summed E-state index contributed by atoms with van der Waals surface area (Å²) in [5.74, 6) is 0.948. The highest BCUT2D eigenvalue weighted by Gasteiger charge is 2.25. The van der Waals surface area contributed by atoms with E-state index < -0.39 is 0 Å². The first-order chi connectivity index (χ1) is 15.4. The lowest BCUT2D eigenvalue weighted by molar-refractivity contribution is -0.143. The number of rotatable bonds is 18. The first kappa shape index (κ1) is 28.7. The van der Waals surface area contributed by atoms with Gasteiger partial charge in [-0.15, -0.1) is 0 Å². The fourth-order valence-corrected chi connectivity index (χ4v) is 4.23. The number of esters is 2. The van der Waals surface area contributed by atoms with Gasteiger partial charge in [-0.3, -0.25) is 0 Å². The van der Waals surface area contributed by atoms with E-state index in [0.717, 1.165) is 50.4 Å². The summed E-state index contributed by atoms with van der Waals surface area (Å²) >= 11 is 0. The van der Waals surface area contributed by atoms with Crippen LogP contribution in [0.3, 0.4) is 0 Å². The molecule has 0 saturated heterocycles. The maximum Gasteiger partial charge on any atom is 0.334 e. The smallest absolute Gasteiger partial charge is 0.334 e. The molecule has 0 unspecified atom stereocenters. The monoisotopic (exact) mass is 450 g/mol. The number of hydrogen-bond donors (Lipinski definition) is 0. The van der Waals surface area contributed by atoms with E-state index in [1.165, 1.54) is 51.4 Å². The van der Waals surface area contributed by atoms with Crippen LogP contribution in [0.5, 0.6) is 0 Å². The van der Waals surface area contributed by atoms with Gasteiger partial charge in [0.1, 0.15) is 0 Å². The predicted molar refractivity (Wildman–Crippen MR) is 132 cm³/mol. The molecule has 0 heterocycles. The Morgan fingerprint density at radius 2 is 0.938 bits per heavy atom. The van der Waals surface area contributed by atoms with Gasteiger partial charge in [-0.2, -0.15) is 0 Å². The number of carbonyl (C=O) groups excluding carboxylic acids is 2. The molecule has 0 aromatic carbocycles. The van der Waals surface area contributed by atoms with Crippen molar-refractivity contribution in [1.82, 2.24) is 0 Å². The standard InChI is InChI=1S/C28H50O4/c1-23(2)17-11-7-5-9-15-21-31-27(29)25-19-13-14-20-26(25)28(30)32-22-16-10-6-8-12-18-24(3)4/h23-24H,5-22H2,1-4H3. The molecule has 0 fully saturated rings. The highest BCUT2D eigenvalue weighted by atomic mass is 16.5. The summed E-state index contributed by atoms with van der Waals surface area (Å²) < 4.78 is 11.0. The molecule has 0 atom stereocenters. The van der Waals surface area contributed by atoms with Gasteiger partial charge in [-0.05, 0) is 50.4 Å². The van der Waals surface area contributed by atoms with E-state index in [4.69, 9.17) is 9.47 Å². The first-order valence-electron chi connectivity index (χ1n) is 13.5. The van der Waals surface area contributed by atoms with Crippen LogP contribution in [0.15, 0.2) is 11.1 Å². The minimum absolute atomic E-state index is 0.304. The van der Waals surface area contributed by atoms with Crippen molar-refractivity contribution < 1.29 is 19.1 Å². The lowest BCUT2D eigenvalue weighted by atomic mass is 9.91. The molecule has 0 bridgehead atoms. The maximum atomic E-state index is 12.6. The Kier molecular flexibility index (Phi) is 16.3. The molecule has 0 N–H and O–H groups in total. The minimum Gasteiger partial charge on any atom is -0.462 e. The molecule has 0 spiro atoms. The normalized spacial score (nSPS) is 14.3. The summed E-state index contributed by atoms with van der Waals surface area (Å²) in [5.41, 5.74) is 1.12. The van der Waals surface area contributed by atoms with Gasteiger partial charge in [0, 0.05) is 11.1 Å². The number of hydrogen-bond acceptors (Lipinski definition) is 4. The molecule has 0 saturated carbocycles. The van der Waals surface area contributed by atoms with Gasteiger partial charge in [0.05, 0.1) is 13.2 Å². The molecule has 0 aromatic rings. The third-order valence-electron chi connectivity index (χ3n) is 6.28. The van der Waals surface area contributed by atoms with Crippen molar-refractivity contribution in [2.24, 2.45) is 11.8 Å². The van der Waals surface area contributed by atoms with Crippen molar-refractivity contribution >= 4 is 11.9 Å². The van der Waals surface area contributed by atoms with Crippen LogP contribution < -0.4 is 0 Å². The van der Waals surface area contributed by atoms with Crippen molar-refractivity contribution in [3.8, 4) is 0 Å². The van der Waals surface area contributed by atoms with Crippen molar-refractivity contribution in [3.05, 3.63) is 11.1 Å². The zero-order valence-corrected chi connectivity index (χ0v) is 21.5. The Labute approximate surface area is 197 Å². The molecule has 0 amide bonds. The van der Waals surface area contributed by atoms with Gasteiger partial charge in [-0.1, -0.05) is 91.9 Å². The van der Waals surface area contributed by atoms with Gasteiger partial charge in [-0.25, -0.2) is 9.59 Å². The summed E-state index contributed by atoms with van der Waals surface area (Å²) in [6.45, 7) is 9.95. The fourth-order valence-electron chi connectivity index (χ4n) is 4.23. The molecular weight excluding hydrogens is 400 g/mol. The second-order valence-electron chi connectivity index (χ2n) is 10.3. The van der Waals surface area contributed by atoms with E-state index in [0.29, 0.717) is 37.2 Å². The zero-order valence-electron chi connectivity index (χ0n) is 21.5. The Hall–Kier alpha value is -1.32. The van der Waals surface area contributed by atoms with E-state index in [-0.39, 0.29) is 11.9 Å². The minimum atomic E-state index is -0.304. The molecule has 1 aliphatic carbocycles. The van der Waals surface area contributed by atoms with Crippen LogP contribution in [-0.4, -0.2) is 25.2 Å². The molecule has 0 aromatic heterocycles. The predicted octanol–water partition coefficient (Wildman–Crippen LogP) is 7.94. The molecule has 4 heteroatoms. The number of carbonyl (C=O) groups is 2. The topological polar surface area (TPSA) is 52.6 Å². The Morgan fingerprint density at radius 1 is 0.594 bits per heavy atom. The lowest BCUT2D eigenvalue weighted by Gasteiger charge is -2.18. The van der Waals surface area contributed by atoms with Crippen molar-refractivity contribution in [1.29, 1.82) is 0 Å². The average Bonchev–Trinajstić information content (AvgIpc) is 2.76. The first-order valence-corrected chi connectivity index (χ1v) is 13.5. The summed E-state index contributed by atoms with van der Waals surface area (Å²) in [4.78, 5) is 25.1. The molecule has 0 aliphatic heterocycles. The van der Waals surface area contributed by atoms with E-state index in [1.54, 1.807) is 0 Å². The Balaban J connectivity index is 2.25. The highest BCUT2D eigenvalue weighted by Crippen LogP contribution is 2.27. The van der Waals surface area contributed by atoms with Crippen molar-refractivity contribution in [2.45, 2.75) is 130 Å². The highest BCUT2D eigenvalue weighted by molar-refractivity contribution is 6.00. The van der Waals surface area contributed by atoms with E-state index in [2.05, 4.69) is 27.7 Å². The van der Waals surface area contributed by atoms with Gasteiger partial charge in [0.25, 0.3) is 0 Å². The van der Waals surface area contributed by atoms with E-state index >= 15 is 0 Å². The molecule has 1 rings (SSSR count). The average molecular weight is 451 g/mol. The molecule has 32 heavy (non-hydrogen) atoms. The summed E-state index contributed by atoms with van der Waals surface area (Å²) in [7, 11) is 0. The fraction of sp³-hybridized carbons (Fsp3) is 0.857. The Morgan fingerprint density at radius 3 is 1.31 bits per heavy atom. The molecule has 1 aliphatic rings. The van der Waals surface area contributed by atoms with Gasteiger partial charge >= 0.3 is 11.9 Å². The molecule has 4 nitrogen and oxygen atoms in total. The summed E-state index contributed by atoms with van der Waals surface area (Å²) in [5, 5.41) is 0. The third-order valence-corrected chi connectivity index (χ3v) is 6.28. The molecule has 186 valence electrons. The van der Waals surface area contributed by atoms with Crippen LogP contribution in [0.2, 0.25) is 0 Å². The number of unbranched alkanes of at least 4 members (excludes halogenated alkanes) is 8. The van der Waals surface area contributed by atoms with Crippen molar-refractivity contribution in [3.63, 3.8) is 0 Å². The second kappa shape index (κ2) is 18.1. The van der Waals surface area contributed by atoms with E-state index in [1.807, 2.05) is 0 Å². The zero-order chi connectivity index (χ0) is 23.6. The molecule has 0 radical (unpaired) electrons. The van der Waals surface area contributed by atoms with Crippen LogP contribution in [0, 0.1) is 11.8 Å². The summed E-state index contributed by atoms with van der Waals surface area (Å²) in [6.07, 6.45) is 17.2. The Bertz CT molecular complexity index is 500. The summed E-state index contributed by atoms with van der Waals surface area (Å²) in [6, 6.07) is 0. The van der Waals surface area contributed by atoms with E-state index in [9.17, 15) is 9.59 Å². The van der Waals surface area contributed by atoms with Crippen LogP contribution >= 0.6 is 0 Å². The van der Waals surface area contributed by atoms with Gasteiger partial charge in [0.2, 0.25) is 0 Å². The number of ether oxygens (including phenoxy) is 2. The largest absolute Gasteiger partial charge is 0.462 e. The van der Waals surface area contributed by atoms with Gasteiger partial charge in [0.15, 0.2) is 0 Å². The van der Waals surface area contributed by atoms with Crippen LogP contribution in [0.1, 0.15) is 130 Å². The van der Waals surface area contributed by atoms with Crippen molar-refractivity contribution in [2.75, 3.05) is 13.2 Å². The third kappa shape index (κ3) is 14.0. The van der Waals surface area contributed by atoms with Gasteiger partial charge < -0.3 is 9.47 Å². The van der Waals surface area contributed by atoms with Crippen LogP contribution in [0.25, 0.3) is 0 Å². The van der Waals surface area contributed by atoms with Crippen LogP contribution in [0.4, 0.5) is 0 Å². The van der Waals surface area contributed by atoms with Crippen LogP contribution in [-0.2, 0) is 19.1 Å². The maximum absolute atomic E-state index is 12.6.